The second kappa shape index (κ2) is 5.68. The summed E-state index contributed by atoms with van der Waals surface area (Å²) in [5, 5.41) is 0. The predicted molar refractivity (Wildman–Crippen MR) is 62.0 cm³/mol. The number of nitrogens with zero attached hydrogens (tertiary/aromatic N) is 1. The first kappa shape index (κ1) is 11.2. The van der Waals surface area contributed by atoms with Crippen LogP contribution < -0.4 is 0 Å². The summed E-state index contributed by atoms with van der Waals surface area (Å²) < 4.78 is 11.8. The van der Waals surface area contributed by atoms with Crippen LogP contribution in [-0.4, -0.2) is 37.7 Å². The van der Waals surface area contributed by atoms with Gasteiger partial charge < -0.3 is 9.15 Å². The van der Waals surface area contributed by atoms with Crippen LogP contribution >= 0.6 is 15.9 Å². The lowest BCUT2D eigenvalue weighted by molar-refractivity contribution is 0.0373. The molecule has 1 aromatic rings. The summed E-state index contributed by atoms with van der Waals surface area (Å²) in [6, 6.07) is 1.95. The third kappa shape index (κ3) is 3.33. The van der Waals surface area contributed by atoms with Crippen LogP contribution in [0.3, 0.4) is 0 Å². The van der Waals surface area contributed by atoms with Gasteiger partial charge in [0.15, 0.2) is 0 Å². The Kier molecular flexibility index (Phi) is 4.23. The minimum Gasteiger partial charge on any atom is -0.468 e. The Labute approximate surface area is 98.5 Å². The third-order valence-electron chi connectivity index (χ3n) is 2.67. The van der Waals surface area contributed by atoms with Crippen LogP contribution in [0.4, 0.5) is 0 Å². The molecule has 1 saturated heterocycles. The van der Waals surface area contributed by atoms with Crippen molar-refractivity contribution in [3.05, 3.63) is 22.6 Å². The van der Waals surface area contributed by atoms with E-state index in [1.165, 1.54) is 0 Å². The van der Waals surface area contributed by atoms with E-state index < -0.39 is 0 Å². The quantitative estimate of drug-likeness (QED) is 0.842. The number of rotatable bonds is 4. The van der Waals surface area contributed by atoms with E-state index in [1.807, 2.05) is 6.07 Å². The van der Waals surface area contributed by atoms with Crippen LogP contribution in [0.25, 0.3) is 0 Å². The summed E-state index contributed by atoms with van der Waals surface area (Å²) in [6.07, 6.45) is 3.88. The monoisotopic (exact) mass is 273 g/mol. The van der Waals surface area contributed by atoms with Crippen molar-refractivity contribution in [3.8, 4) is 0 Å². The van der Waals surface area contributed by atoms with Gasteiger partial charge in [-0.05, 0) is 35.0 Å². The van der Waals surface area contributed by atoms with E-state index in [1.54, 1.807) is 6.26 Å². The summed E-state index contributed by atoms with van der Waals surface area (Å²) in [5.41, 5.74) is 0. The zero-order valence-electron chi connectivity index (χ0n) is 8.75. The Morgan fingerprint density at radius 1 is 1.33 bits per heavy atom. The summed E-state index contributed by atoms with van der Waals surface area (Å²) >= 11 is 3.47. The fraction of sp³-hybridized carbons (Fsp3) is 0.636. The number of morpholine rings is 1. The Balaban J connectivity index is 1.68. The van der Waals surface area contributed by atoms with Gasteiger partial charge in [0.1, 0.15) is 5.76 Å². The highest BCUT2D eigenvalue weighted by molar-refractivity contribution is 9.10. The van der Waals surface area contributed by atoms with Crippen LogP contribution in [0.2, 0.25) is 0 Å². The Bertz CT molecular complexity index is 295. The van der Waals surface area contributed by atoms with Crippen molar-refractivity contribution in [2.45, 2.75) is 12.8 Å². The second-order valence-corrected chi connectivity index (χ2v) is 4.60. The lowest BCUT2D eigenvalue weighted by Gasteiger charge is -2.26. The van der Waals surface area contributed by atoms with Gasteiger partial charge in [-0.15, -0.1) is 0 Å². The smallest absolute Gasteiger partial charge is 0.117 e. The van der Waals surface area contributed by atoms with E-state index in [2.05, 4.69) is 20.8 Å². The highest BCUT2D eigenvalue weighted by Gasteiger charge is 2.10. The molecule has 0 saturated carbocycles. The molecule has 0 aliphatic carbocycles. The Hall–Kier alpha value is -0.320. The highest BCUT2D eigenvalue weighted by atomic mass is 79.9. The molecule has 15 heavy (non-hydrogen) atoms. The summed E-state index contributed by atoms with van der Waals surface area (Å²) in [7, 11) is 0. The molecule has 0 N–H and O–H groups in total. The summed E-state index contributed by atoms with van der Waals surface area (Å²) in [6.45, 7) is 5.03. The summed E-state index contributed by atoms with van der Waals surface area (Å²) in [4.78, 5) is 2.44. The minimum atomic E-state index is 0.879. The van der Waals surface area contributed by atoms with Gasteiger partial charge in [-0.25, -0.2) is 0 Å². The van der Waals surface area contributed by atoms with Gasteiger partial charge in [-0.2, -0.15) is 0 Å². The molecule has 2 heterocycles. The number of hydrogen-bond donors (Lipinski definition) is 0. The second-order valence-electron chi connectivity index (χ2n) is 3.75. The van der Waals surface area contributed by atoms with Crippen LogP contribution in [0.5, 0.6) is 0 Å². The molecule has 0 atom stereocenters. The van der Waals surface area contributed by atoms with Crippen LogP contribution in [0, 0.1) is 0 Å². The Morgan fingerprint density at radius 2 is 2.13 bits per heavy atom. The van der Waals surface area contributed by atoms with E-state index in [0.29, 0.717) is 0 Å². The molecule has 1 fully saturated rings. The summed E-state index contributed by atoms with van der Waals surface area (Å²) in [5.74, 6) is 1.06. The van der Waals surface area contributed by atoms with Crippen molar-refractivity contribution < 1.29 is 9.15 Å². The number of aryl methyl sites for hydroxylation is 1. The van der Waals surface area contributed by atoms with Crippen LogP contribution in [0.1, 0.15) is 12.2 Å². The largest absolute Gasteiger partial charge is 0.468 e. The van der Waals surface area contributed by atoms with Crippen molar-refractivity contribution in [2.75, 3.05) is 32.8 Å². The van der Waals surface area contributed by atoms with E-state index in [9.17, 15) is 0 Å². The zero-order chi connectivity index (χ0) is 10.5. The van der Waals surface area contributed by atoms with E-state index in [0.717, 1.165) is 55.9 Å². The van der Waals surface area contributed by atoms with Crippen molar-refractivity contribution in [1.29, 1.82) is 0 Å². The van der Waals surface area contributed by atoms with Gasteiger partial charge in [0.2, 0.25) is 0 Å². The van der Waals surface area contributed by atoms with Crippen molar-refractivity contribution in [3.63, 3.8) is 0 Å². The van der Waals surface area contributed by atoms with Gasteiger partial charge in [0.05, 0.1) is 23.9 Å². The molecule has 84 valence electrons. The van der Waals surface area contributed by atoms with Crippen molar-refractivity contribution in [1.82, 2.24) is 4.90 Å². The molecular formula is C11H16BrNO2. The fourth-order valence-corrected chi connectivity index (χ4v) is 2.19. The molecule has 0 amide bonds. The van der Waals surface area contributed by atoms with Crippen LogP contribution in [0.15, 0.2) is 21.2 Å². The third-order valence-corrected chi connectivity index (χ3v) is 3.38. The predicted octanol–water partition coefficient (Wildman–Crippen LogP) is 2.31. The maximum atomic E-state index is 5.36. The number of halogens is 1. The molecule has 1 aliphatic heterocycles. The molecule has 0 radical (unpaired) electrons. The first-order chi connectivity index (χ1) is 7.36. The van der Waals surface area contributed by atoms with Gasteiger partial charge in [0, 0.05) is 19.5 Å². The van der Waals surface area contributed by atoms with Gasteiger partial charge in [0.25, 0.3) is 0 Å². The van der Waals surface area contributed by atoms with Gasteiger partial charge >= 0.3 is 0 Å². The number of hydrogen-bond acceptors (Lipinski definition) is 3. The molecule has 1 aliphatic rings. The van der Waals surface area contributed by atoms with E-state index in [4.69, 9.17) is 9.15 Å². The molecule has 2 rings (SSSR count). The molecule has 4 heteroatoms. The number of ether oxygens (including phenoxy) is 1. The van der Waals surface area contributed by atoms with E-state index in [-0.39, 0.29) is 0 Å². The maximum absolute atomic E-state index is 5.36. The maximum Gasteiger partial charge on any atom is 0.117 e. The van der Waals surface area contributed by atoms with Crippen LogP contribution in [-0.2, 0) is 11.2 Å². The van der Waals surface area contributed by atoms with Crippen molar-refractivity contribution >= 4 is 15.9 Å². The minimum absolute atomic E-state index is 0.879. The molecule has 0 unspecified atom stereocenters. The van der Waals surface area contributed by atoms with Gasteiger partial charge in [-0.1, -0.05) is 0 Å². The van der Waals surface area contributed by atoms with Gasteiger partial charge in [-0.3, -0.25) is 4.90 Å². The molecule has 0 aromatic carbocycles. The normalized spacial score (nSPS) is 18.2. The topological polar surface area (TPSA) is 25.6 Å². The average Bonchev–Trinajstić information content (AvgIpc) is 2.66. The Morgan fingerprint density at radius 3 is 2.80 bits per heavy atom. The first-order valence-corrected chi connectivity index (χ1v) is 6.17. The van der Waals surface area contributed by atoms with Crippen molar-refractivity contribution in [2.24, 2.45) is 0 Å². The highest BCUT2D eigenvalue weighted by Crippen LogP contribution is 2.19. The lowest BCUT2D eigenvalue weighted by Crippen LogP contribution is -2.36. The van der Waals surface area contributed by atoms with E-state index >= 15 is 0 Å². The zero-order valence-corrected chi connectivity index (χ0v) is 10.3. The lowest BCUT2D eigenvalue weighted by atomic mass is 10.2. The molecule has 1 aromatic heterocycles. The molecule has 3 nitrogen and oxygen atoms in total. The molecular weight excluding hydrogens is 258 g/mol. The standard InChI is InChI=1S/C11H16BrNO2/c12-10-3-7-15-11(10)2-1-4-13-5-8-14-9-6-13/h3,7H,1-2,4-6,8-9H2. The number of furan rings is 1. The SMILES string of the molecule is Brc1ccoc1CCCN1CCOCC1. The molecule has 0 spiro atoms. The molecule has 0 bridgehead atoms. The fourth-order valence-electron chi connectivity index (χ4n) is 1.79. The first-order valence-electron chi connectivity index (χ1n) is 5.38. The average molecular weight is 274 g/mol.